The molecular formula is C12H22N2O3. The van der Waals surface area contributed by atoms with Gasteiger partial charge in [0.15, 0.2) is 0 Å². The Hall–Kier alpha value is -1.26. The van der Waals surface area contributed by atoms with Crippen molar-refractivity contribution in [1.29, 1.82) is 0 Å². The van der Waals surface area contributed by atoms with Crippen molar-refractivity contribution in [2.75, 3.05) is 0 Å². The standard InChI is InChI=1S/C12H22N2O3/c1-8(2)13-11(17)14-9-6-4-5-7-12(9,3)10(15)16/h8-9H,4-7H2,1-3H3,(H,15,16)(H2,13,14,17). The van der Waals surface area contributed by atoms with Crippen LogP contribution in [0.5, 0.6) is 0 Å². The van der Waals surface area contributed by atoms with Gasteiger partial charge in [0, 0.05) is 12.1 Å². The van der Waals surface area contributed by atoms with Crippen LogP contribution in [0, 0.1) is 5.41 Å². The summed E-state index contributed by atoms with van der Waals surface area (Å²) < 4.78 is 0. The smallest absolute Gasteiger partial charge is 0.315 e. The second-order valence-electron chi connectivity index (χ2n) is 5.29. The van der Waals surface area contributed by atoms with Crippen LogP contribution in [0.2, 0.25) is 0 Å². The lowest BCUT2D eigenvalue weighted by molar-refractivity contribution is -0.151. The molecule has 3 N–H and O–H groups in total. The molecule has 0 aromatic rings. The van der Waals surface area contributed by atoms with Crippen LogP contribution in [0.15, 0.2) is 0 Å². The molecule has 1 rings (SSSR count). The van der Waals surface area contributed by atoms with Crippen molar-refractivity contribution in [2.24, 2.45) is 5.41 Å². The molecule has 1 aliphatic carbocycles. The second kappa shape index (κ2) is 5.38. The zero-order chi connectivity index (χ0) is 13.1. The second-order valence-corrected chi connectivity index (χ2v) is 5.29. The van der Waals surface area contributed by atoms with Crippen molar-refractivity contribution in [1.82, 2.24) is 10.6 Å². The Morgan fingerprint density at radius 1 is 1.35 bits per heavy atom. The third kappa shape index (κ3) is 3.35. The molecule has 1 saturated carbocycles. The molecule has 17 heavy (non-hydrogen) atoms. The van der Waals surface area contributed by atoms with E-state index in [1.54, 1.807) is 6.92 Å². The molecule has 0 bridgehead atoms. The Bertz CT molecular complexity index is 304. The molecule has 0 spiro atoms. The summed E-state index contributed by atoms with van der Waals surface area (Å²) in [6.07, 6.45) is 3.23. The Balaban J connectivity index is 2.66. The van der Waals surface area contributed by atoms with Gasteiger partial charge in [0.2, 0.25) is 0 Å². The first-order valence-electron chi connectivity index (χ1n) is 6.16. The van der Waals surface area contributed by atoms with E-state index in [1.165, 1.54) is 0 Å². The van der Waals surface area contributed by atoms with E-state index in [4.69, 9.17) is 0 Å². The van der Waals surface area contributed by atoms with Gasteiger partial charge in [0.05, 0.1) is 5.41 Å². The first-order valence-corrected chi connectivity index (χ1v) is 6.16. The molecule has 0 saturated heterocycles. The topological polar surface area (TPSA) is 78.4 Å². The van der Waals surface area contributed by atoms with Crippen molar-refractivity contribution in [3.05, 3.63) is 0 Å². The van der Waals surface area contributed by atoms with E-state index in [9.17, 15) is 14.7 Å². The van der Waals surface area contributed by atoms with Crippen molar-refractivity contribution >= 4 is 12.0 Å². The Labute approximate surface area is 102 Å². The van der Waals surface area contributed by atoms with Crippen LogP contribution < -0.4 is 10.6 Å². The summed E-state index contributed by atoms with van der Waals surface area (Å²) in [7, 11) is 0. The minimum atomic E-state index is -0.841. The van der Waals surface area contributed by atoms with E-state index in [0.717, 1.165) is 19.3 Å². The molecule has 5 nitrogen and oxygen atoms in total. The maximum absolute atomic E-state index is 11.6. The average molecular weight is 242 g/mol. The monoisotopic (exact) mass is 242 g/mol. The summed E-state index contributed by atoms with van der Waals surface area (Å²) >= 11 is 0. The van der Waals surface area contributed by atoms with Gasteiger partial charge in [-0.25, -0.2) is 4.79 Å². The number of urea groups is 1. The maximum Gasteiger partial charge on any atom is 0.315 e. The summed E-state index contributed by atoms with van der Waals surface area (Å²) in [6, 6.07) is -0.512. The Kier molecular flexibility index (Phi) is 4.37. The van der Waals surface area contributed by atoms with Crippen LogP contribution in [0.3, 0.4) is 0 Å². The van der Waals surface area contributed by atoms with Gasteiger partial charge in [-0.05, 0) is 33.6 Å². The van der Waals surface area contributed by atoms with Gasteiger partial charge in [-0.1, -0.05) is 12.8 Å². The van der Waals surface area contributed by atoms with Crippen LogP contribution >= 0.6 is 0 Å². The number of carboxylic acid groups (broad SMARTS) is 1. The molecule has 0 aromatic heterocycles. The van der Waals surface area contributed by atoms with Crippen molar-refractivity contribution in [2.45, 2.75) is 58.5 Å². The van der Waals surface area contributed by atoms with E-state index in [-0.39, 0.29) is 18.1 Å². The lowest BCUT2D eigenvalue weighted by Gasteiger charge is -2.38. The Morgan fingerprint density at radius 3 is 2.53 bits per heavy atom. The number of hydrogen-bond donors (Lipinski definition) is 3. The summed E-state index contributed by atoms with van der Waals surface area (Å²) in [5.41, 5.74) is -0.841. The van der Waals surface area contributed by atoms with E-state index in [0.29, 0.717) is 6.42 Å². The lowest BCUT2D eigenvalue weighted by atomic mass is 9.72. The van der Waals surface area contributed by atoms with Crippen LogP contribution in [-0.2, 0) is 4.79 Å². The number of carboxylic acids is 1. The fraction of sp³-hybridized carbons (Fsp3) is 0.833. The van der Waals surface area contributed by atoms with Crippen molar-refractivity contribution in [3.8, 4) is 0 Å². The van der Waals surface area contributed by atoms with Gasteiger partial charge >= 0.3 is 12.0 Å². The average Bonchev–Trinajstić information content (AvgIpc) is 2.20. The van der Waals surface area contributed by atoms with E-state index in [2.05, 4.69) is 10.6 Å². The van der Waals surface area contributed by atoms with Crippen LogP contribution in [0.25, 0.3) is 0 Å². The molecule has 0 aliphatic heterocycles. The zero-order valence-electron chi connectivity index (χ0n) is 10.7. The highest BCUT2D eigenvalue weighted by atomic mass is 16.4. The molecule has 5 heteroatoms. The van der Waals surface area contributed by atoms with Gasteiger partial charge in [-0.3, -0.25) is 4.79 Å². The highest BCUT2D eigenvalue weighted by molar-refractivity contribution is 5.79. The number of hydrogen-bond acceptors (Lipinski definition) is 2. The summed E-state index contributed by atoms with van der Waals surface area (Å²) in [4.78, 5) is 22.9. The highest BCUT2D eigenvalue weighted by Gasteiger charge is 2.43. The number of carbonyl (C=O) groups excluding carboxylic acids is 1. The number of amides is 2. The number of nitrogens with one attached hydrogen (secondary N) is 2. The van der Waals surface area contributed by atoms with Gasteiger partial charge in [0.25, 0.3) is 0 Å². The van der Waals surface area contributed by atoms with E-state index >= 15 is 0 Å². The number of carbonyl (C=O) groups is 2. The van der Waals surface area contributed by atoms with Gasteiger partial charge in [-0.2, -0.15) is 0 Å². The van der Waals surface area contributed by atoms with Gasteiger partial charge in [-0.15, -0.1) is 0 Å². The number of aliphatic carboxylic acids is 1. The van der Waals surface area contributed by atoms with Gasteiger partial charge in [0.1, 0.15) is 0 Å². The largest absolute Gasteiger partial charge is 0.481 e. The highest BCUT2D eigenvalue weighted by Crippen LogP contribution is 2.36. The molecule has 1 aliphatic rings. The normalized spacial score (nSPS) is 28.8. The molecule has 2 amide bonds. The predicted molar refractivity (Wildman–Crippen MR) is 64.8 cm³/mol. The minimum Gasteiger partial charge on any atom is -0.481 e. The molecule has 2 unspecified atom stereocenters. The fourth-order valence-corrected chi connectivity index (χ4v) is 2.28. The van der Waals surface area contributed by atoms with E-state index in [1.807, 2.05) is 13.8 Å². The first-order chi connectivity index (χ1) is 7.86. The molecular weight excluding hydrogens is 220 g/mol. The molecule has 2 atom stereocenters. The molecule has 98 valence electrons. The summed E-state index contributed by atoms with van der Waals surface area (Å²) in [5, 5.41) is 14.8. The maximum atomic E-state index is 11.6. The molecule has 1 fully saturated rings. The third-order valence-corrected chi connectivity index (χ3v) is 3.42. The molecule has 0 radical (unpaired) electrons. The zero-order valence-corrected chi connectivity index (χ0v) is 10.7. The van der Waals surface area contributed by atoms with Crippen molar-refractivity contribution < 1.29 is 14.7 Å². The predicted octanol–water partition coefficient (Wildman–Crippen LogP) is 1.73. The third-order valence-electron chi connectivity index (χ3n) is 3.42. The lowest BCUT2D eigenvalue weighted by Crippen LogP contribution is -2.55. The molecule has 0 aromatic carbocycles. The van der Waals surface area contributed by atoms with Crippen molar-refractivity contribution in [3.63, 3.8) is 0 Å². The van der Waals surface area contributed by atoms with Crippen LogP contribution in [0.4, 0.5) is 4.79 Å². The molecule has 0 heterocycles. The SMILES string of the molecule is CC(C)NC(=O)NC1CCCCC1(C)C(=O)O. The van der Waals surface area contributed by atoms with Crippen LogP contribution in [-0.4, -0.2) is 29.2 Å². The van der Waals surface area contributed by atoms with Crippen LogP contribution in [0.1, 0.15) is 46.5 Å². The van der Waals surface area contributed by atoms with E-state index < -0.39 is 11.4 Å². The fourth-order valence-electron chi connectivity index (χ4n) is 2.28. The Morgan fingerprint density at radius 2 is 2.00 bits per heavy atom. The van der Waals surface area contributed by atoms with Gasteiger partial charge < -0.3 is 15.7 Å². The minimum absolute atomic E-state index is 0.0506. The summed E-state index contributed by atoms with van der Waals surface area (Å²) in [6.45, 7) is 5.46. The quantitative estimate of drug-likeness (QED) is 0.705. The first kappa shape index (κ1) is 13.8. The number of rotatable bonds is 3. The summed E-state index contributed by atoms with van der Waals surface area (Å²) in [5.74, 6) is -0.827.